The van der Waals surface area contributed by atoms with Gasteiger partial charge in [0.25, 0.3) is 0 Å². The van der Waals surface area contributed by atoms with Gasteiger partial charge in [0.15, 0.2) is 0 Å². The summed E-state index contributed by atoms with van der Waals surface area (Å²) in [6.45, 7) is 2.15. The number of nitrogens with one attached hydrogen (secondary N) is 1. The highest BCUT2D eigenvalue weighted by Gasteiger charge is 2.28. The summed E-state index contributed by atoms with van der Waals surface area (Å²) in [4.78, 5) is 27.2. The molecule has 2 aromatic carbocycles. The maximum atomic E-state index is 13.2. The molecule has 0 bridgehead atoms. The highest BCUT2D eigenvalue weighted by molar-refractivity contribution is 7.92. The third-order valence-electron chi connectivity index (χ3n) is 5.17. The number of benzene rings is 2. The van der Waals surface area contributed by atoms with Crippen LogP contribution in [0.5, 0.6) is 0 Å². The quantitative estimate of drug-likeness (QED) is 0.490. The Bertz CT molecular complexity index is 1060. The smallest absolute Gasteiger partial charge is 0.242 e. The van der Waals surface area contributed by atoms with Crippen molar-refractivity contribution >= 4 is 50.7 Å². The Hall–Kier alpha value is -2.29. The number of anilines is 1. The molecule has 33 heavy (non-hydrogen) atoms. The first-order chi connectivity index (χ1) is 15.6. The number of carbonyl (C=O) groups is 2. The fourth-order valence-corrected chi connectivity index (χ4v) is 4.81. The summed E-state index contributed by atoms with van der Waals surface area (Å²) >= 11 is 12.1. The van der Waals surface area contributed by atoms with Gasteiger partial charge in [-0.15, -0.1) is 0 Å². The minimum absolute atomic E-state index is 0.0771. The molecule has 0 aliphatic rings. The topological polar surface area (TPSA) is 86.8 Å². The number of likely N-dealkylation sites (N-methyl/N-ethyl adjacent to an activating group) is 1. The Morgan fingerprint density at radius 3 is 2.27 bits per heavy atom. The van der Waals surface area contributed by atoms with E-state index in [-0.39, 0.29) is 31.3 Å². The van der Waals surface area contributed by atoms with Crippen molar-refractivity contribution in [2.45, 2.75) is 38.8 Å². The second-order valence-electron chi connectivity index (χ2n) is 7.58. The van der Waals surface area contributed by atoms with Crippen LogP contribution in [0.3, 0.4) is 0 Å². The summed E-state index contributed by atoms with van der Waals surface area (Å²) in [5, 5.41) is 3.37. The number of amides is 2. The van der Waals surface area contributed by atoms with Crippen LogP contribution in [0.4, 0.5) is 5.69 Å². The molecule has 0 spiro atoms. The minimum Gasteiger partial charge on any atom is -0.357 e. The van der Waals surface area contributed by atoms with Crippen molar-refractivity contribution in [1.29, 1.82) is 0 Å². The van der Waals surface area contributed by atoms with Crippen LogP contribution in [0.15, 0.2) is 48.5 Å². The molecule has 2 rings (SSSR count). The van der Waals surface area contributed by atoms with Gasteiger partial charge >= 0.3 is 0 Å². The van der Waals surface area contributed by atoms with E-state index in [9.17, 15) is 18.0 Å². The van der Waals surface area contributed by atoms with Crippen LogP contribution in [0, 0.1) is 0 Å². The monoisotopic (exact) mass is 513 g/mol. The first kappa shape index (κ1) is 27.0. The zero-order valence-corrected chi connectivity index (χ0v) is 21.3. The molecule has 180 valence electrons. The van der Waals surface area contributed by atoms with Crippen molar-refractivity contribution < 1.29 is 18.0 Å². The van der Waals surface area contributed by atoms with Crippen molar-refractivity contribution in [3.8, 4) is 0 Å². The van der Waals surface area contributed by atoms with E-state index >= 15 is 0 Å². The lowest BCUT2D eigenvalue weighted by atomic mass is 10.1. The Morgan fingerprint density at radius 1 is 1.06 bits per heavy atom. The van der Waals surface area contributed by atoms with Gasteiger partial charge in [-0.05, 0) is 42.7 Å². The predicted octanol–water partition coefficient (Wildman–Crippen LogP) is 4.09. The number of hydrogen-bond acceptors (Lipinski definition) is 4. The zero-order chi connectivity index (χ0) is 24.6. The van der Waals surface area contributed by atoms with Gasteiger partial charge in [0, 0.05) is 26.6 Å². The largest absolute Gasteiger partial charge is 0.357 e. The van der Waals surface area contributed by atoms with Gasteiger partial charge in [0.2, 0.25) is 21.8 Å². The highest BCUT2D eigenvalue weighted by atomic mass is 35.5. The molecule has 0 saturated heterocycles. The molecule has 0 aromatic heterocycles. The van der Waals surface area contributed by atoms with Gasteiger partial charge in [0.1, 0.15) is 6.04 Å². The highest BCUT2D eigenvalue weighted by Crippen LogP contribution is 2.24. The number of nitrogens with zero attached hydrogens (tertiary/aromatic N) is 2. The SMILES string of the molecule is CCC(C(=O)NC)N(Cc1ccc(Cl)c(Cl)c1)C(=O)CCCN(c1ccccc1)S(C)(=O)=O. The Balaban J connectivity index is 2.19. The van der Waals surface area contributed by atoms with Gasteiger partial charge in [0.05, 0.1) is 22.0 Å². The summed E-state index contributed by atoms with van der Waals surface area (Å²) in [6.07, 6.45) is 1.93. The fourth-order valence-electron chi connectivity index (χ4n) is 3.52. The van der Waals surface area contributed by atoms with E-state index in [1.54, 1.807) is 48.5 Å². The van der Waals surface area contributed by atoms with E-state index < -0.39 is 16.1 Å². The van der Waals surface area contributed by atoms with Crippen LogP contribution in [0.1, 0.15) is 31.7 Å². The molecule has 1 N–H and O–H groups in total. The van der Waals surface area contributed by atoms with Crippen molar-refractivity contribution in [3.63, 3.8) is 0 Å². The number of sulfonamides is 1. The molecule has 0 radical (unpaired) electrons. The van der Waals surface area contributed by atoms with Crippen LogP contribution >= 0.6 is 23.2 Å². The Kier molecular flexibility index (Phi) is 10.0. The average Bonchev–Trinajstić information content (AvgIpc) is 2.78. The number of hydrogen-bond donors (Lipinski definition) is 1. The van der Waals surface area contributed by atoms with Crippen molar-refractivity contribution in [2.24, 2.45) is 0 Å². The Labute approximate surface area is 205 Å². The third kappa shape index (κ3) is 7.62. The maximum absolute atomic E-state index is 13.2. The van der Waals surface area contributed by atoms with Gasteiger partial charge in [-0.25, -0.2) is 8.42 Å². The molecule has 0 saturated carbocycles. The van der Waals surface area contributed by atoms with Gasteiger partial charge in [-0.3, -0.25) is 13.9 Å². The molecule has 1 atom stereocenters. The van der Waals surface area contributed by atoms with E-state index in [0.29, 0.717) is 28.6 Å². The van der Waals surface area contributed by atoms with Gasteiger partial charge < -0.3 is 10.2 Å². The molecule has 2 aromatic rings. The van der Waals surface area contributed by atoms with E-state index in [4.69, 9.17) is 23.2 Å². The van der Waals surface area contributed by atoms with Crippen molar-refractivity contribution in [3.05, 3.63) is 64.1 Å². The van der Waals surface area contributed by atoms with E-state index in [1.165, 1.54) is 16.3 Å². The van der Waals surface area contributed by atoms with Crippen LogP contribution in [-0.2, 0) is 26.2 Å². The summed E-state index contributed by atoms with van der Waals surface area (Å²) in [5.74, 6) is -0.522. The molecule has 0 heterocycles. The van der Waals surface area contributed by atoms with Crippen molar-refractivity contribution in [2.75, 3.05) is 24.2 Å². The molecule has 0 aliphatic carbocycles. The predicted molar refractivity (Wildman–Crippen MR) is 133 cm³/mol. The molecule has 0 aliphatic heterocycles. The second kappa shape index (κ2) is 12.3. The zero-order valence-electron chi connectivity index (χ0n) is 18.9. The summed E-state index contributed by atoms with van der Waals surface area (Å²) in [5.41, 5.74) is 1.28. The lowest BCUT2D eigenvalue weighted by molar-refractivity contribution is -0.141. The summed E-state index contributed by atoms with van der Waals surface area (Å²) < 4.78 is 25.8. The summed E-state index contributed by atoms with van der Waals surface area (Å²) in [6, 6.07) is 13.1. The molecule has 1 unspecified atom stereocenters. The maximum Gasteiger partial charge on any atom is 0.242 e. The second-order valence-corrected chi connectivity index (χ2v) is 10.3. The number of halogens is 2. The van der Waals surface area contributed by atoms with Gasteiger partial charge in [-0.2, -0.15) is 0 Å². The molecule has 2 amide bonds. The number of para-hydroxylation sites is 1. The third-order valence-corrected chi connectivity index (χ3v) is 7.10. The molecular formula is C23H29Cl2N3O4S. The molecule has 0 fully saturated rings. The van der Waals surface area contributed by atoms with Crippen LogP contribution in [0.25, 0.3) is 0 Å². The standard InChI is InChI=1S/C23H29Cl2N3O4S/c1-4-21(23(30)26-2)27(16-17-12-13-19(24)20(25)15-17)22(29)11-8-14-28(33(3,31)32)18-9-6-5-7-10-18/h5-7,9-10,12-13,15,21H,4,8,11,14,16H2,1-3H3,(H,26,30). The lowest BCUT2D eigenvalue weighted by Crippen LogP contribution is -2.48. The summed E-state index contributed by atoms with van der Waals surface area (Å²) in [7, 11) is -1.99. The number of rotatable bonds is 11. The van der Waals surface area contributed by atoms with Crippen molar-refractivity contribution in [1.82, 2.24) is 10.2 Å². The first-order valence-electron chi connectivity index (χ1n) is 10.6. The normalized spacial score (nSPS) is 12.2. The fraction of sp³-hybridized carbons (Fsp3) is 0.391. The molecular weight excluding hydrogens is 485 g/mol. The molecule has 10 heteroatoms. The molecule has 7 nitrogen and oxygen atoms in total. The average molecular weight is 514 g/mol. The Morgan fingerprint density at radius 2 is 1.73 bits per heavy atom. The lowest BCUT2D eigenvalue weighted by Gasteiger charge is -2.31. The first-order valence-corrected chi connectivity index (χ1v) is 13.2. The van der Waals surface area contributed by atoms with Gasteiger partial charge in [-0.1, -0.05) is 54.4 Å². The van der Waals surface area contributed by atoms with Crippen LogP contribution in [0.2, 0.25) is 10.0 Å². The van der Waals surface area contributed by atoms with E-state index in [2.05, 4.69) is 5.32 Å². The van der Waals surface area contributed by atoms with E-state index in [1.807, 2.05) is 6.92 Å². The van der Waals surface area contributed by atoms with Crippen LogP contribution in [-0.4, -0.2) is 51.0 Å². The minimum atomic E-state index is -3.51. The van der Waals surface area contributed by atoms with Crippen LogP contribution < -0.4 is 9.62 Å². The van der Waals surface area contributed by atoms with E-state index in [0.717, 1.165) is 11.8 Å². The number of carbonyl (C=O) groups excluding carboxylic acids is 2.